The van der Waals surface area contributed by atoms with Gasteiger partial charge in [-0.15, -0.1) is 0 Å². The number of nitrogens with zero attached hydrogens (tertiary/aromatic N) is 1. The van der Waals surface area contributed by atoms with Gasteiger partial charge < -0.3 is 10.6 Å². The molecule has 12 heavy (non-hydrogen) atoms. The second kappa shape index (κ2) is 4.40. The van der Waals surface area contributed by atoms with Gasteiger partial charge in [0.25, 0.3) is 0 Å². The van der Waals surface area contributed by atoms with E-state index >= 15 is 0 Å². The van der Waals surface area contributed by atoms with Crippen LogP contribution in [0.1, 0.15) is 20.8 Å². The van der Waals surface area contributed by atoms with E-state index in [-0.39, 0.29) is 17.9 Å². The van der Waals surface area contributed by atoms with Crippen LogP contribution in [0, 0.1) is 5.92 Å². The maximum Gasteiger partial charge on any atom is 0.225 e. The van der Waals surface area contributed by atoms with Crippen LogP contribution in [-0.4, -0.2) is 28.9 Å². The molecule has 0 spiro atoms. The van der Waals surface area contributed by atoms with Gasteiger partial charge in [0.1, 0.15) is 0 Å². The molecule has 0 aromatic rings. The van der Waals surface area contributed by atoms with Crippen molar-refractivity contribution in [1.29, 1.82) is 0 Å². The summed E-state index contributed by atoms with van der Waals surface area (Å²) in [4.78, 5) is 13.3. The van der Waals surface area contributed by atoms with Gasteiger partial charge in [0.15, 0.2) is 0 Å². The van der Waals surface area contributed by atoms with Crippen LogP contribution in [0.25, 0.3) is 0 Å². The Kier molecular flexibility index (Phi) is 4.17. The molecule has 0 bridgehead atoms. The summed E-state index contributed by atoms with van der Waals surface area (Å²) in [5.74, 6) is 0.0575. The number of likely N-dealkylation sites (N-methyl/N-ethyl adjacent to an activating group) is 1. The lowest BCUT2D eigenvalue weighted by atomic mass is 10.1. The van der Waals surface area contributed by atoms with Gasteiger partial charge in [-0.2, -0.15) is 0 Å². The van der Waals surface area contributed by atoms with Crippen molar-refractivity contribution < 1.29 is 4.79 Å². The molecular weight excluding hydrogens is 172 g/mol. The van der Waals surface area contributed by atoms with E-state index in [1.165, 1.54) is 0 Å². The fourth-order valence-electron chi connectivity index (χ4n) is 0.789. The van der Waals surface area contributed by atoms with Crippen molar-refractivity contribution in [2.24, 2.45) is 11.7 Å². The van der Waals surface area contributed by atoms with Gasteiger partial charge >= 0.3 is 0 Å². The molecule has 0 aliphatic heterocycles. The fraction of sp³-hybridized carbons (Fsp3) is 0.750. The van der Waals surface area contributed by atoms with Gasteiger partial charge in [0.2, 0.25) is 5.91 Å². The first kappa shape index (κ1) is 11.4. The van der Waals surface area contributed by atoms with E-state index in [0.29, 0.717) is 4.99 Å². The number of thiocarbonyl (C=S) groups is 1. The van der Waals surface area contributed by atoms with Crippen LogP contribution in [0.15, 0.2) is 0 Å². The zero-order valence-corrected chi connectivity index (χ0v) is 8.81. The van der Waals surface area contributed by atoms with E-state index in [4.69, 9.17) is 18.0 Å². The van der Waals surface area contributed by atoms with Crippen LogP contribution in [0.5, 0.6) is 0 Å². The summed E-state index contributed by atoms with van der Waals surface area (Å²) in [5, 5.41) is 0. The number of amides is 1. The third kappa shape index (κ3) is 2.77. The van der Waals surface area contributed by atoms with Crippen molar-refractivity contribution in [3.63, 3.8) is 0 Å². The highest BCUT2D eigenvalue weighted by Crippen LogP contribution is 2.03. The Morgan fingerprint density at radius 2 is 1.83 bits per heavy atom. The Morgan fingerprint density at radius 1 is 1.42 bits per heavy atom. The van der Waals surface area contributed by atoms with Crippen LogP contribution in [0.2, 0.25) is 0 Å². The number of carbonyl (C=O) groups is 1. The van der Waals surface area contributed by atoms with Crippen LogP contribution in [0.4, 0.5) is 0 Å². The van der Waals surface area contributed by atoms with Gasteiger partial charge in [0.05, 0.1) is 11.0 Å². The lowest BCUT2D eigenvalue weighted by Crippen LogP contribution is -2.44. The Morgan fingerprint density at radius 3 is 2.08 bits per heavy atom. The molecule has 0 radical (unpaired) electrons. The highest BCUT2D eigenvalue weighted by atomic mass is 32.1. The highest BCUT2D eigenvalue weighted by Gasteiger charge is 2.19. The lowest BCUT2D eigenvalue weighted by Gasteiger charge is -2.25. The first-order chi connectivity index (χ1) is 5.37. The van der Waals surface area contributed by atoms with Crippen LogP contribution >= 0.6 is 12.2 Å². The smallest absolute Gasteiger partial charge is 0.225 e. The molecule has 0 aromatic carbocycles. The average Bonchev–Trinajstić information content (AvgIpc) is 2.00. The van der Waals surface area contributed by atoms with E-state index in [1.807, 2.05) is 20.8 Å². The van der Waals surface area contributed by atoms with E-state index in [9.17, 15) is 4.79 Å². The van der Waals surface area contributed by atoms with Gasteiger partial charge in [-0.25, -0.2) is 0 Å². The number of hydrogen-bond acceptors (Lipinski definition) is 2. The number of nitrogens with two attached hydrogens (primary N) is 1. The molecule has 0 saturated heterocycles. The minimum Gasteiger partial charge on any atom is -0.392 e. The molecule has 1 atom stereocenters. The van der Waals surface area contributed by atoms with E-state index in [2.05, 4.69) is 0 Å². The highest BCUT2D eigenvalue weighted by molar-refractivity contribution is 7.80. The summed E-state index contributed by atoms with van der Waals surface area (Å²) < 4.78 is 0. The van der Waals surface area contributed by atoms with E-state index < -0.39 is 0 Å². The predicted molar refractivity (Wildman–Crippen MR) is 53.9 cm³/mol. The molecule has 2 N–H and O–H groups in total. The number of carbonyl (C=O) groups excluding carboxylic acids is 1. The summed E-state index contributed by atoms with van der Waals surface area (Å²) in [5.41, 5.74) is 5.41. The van der Waals surface area contributed by atoms with E-state index in [0.717, 1.165) is 0 Å². The normalized spacial score (nSPS) is 12.8. The second-order valence-corrected chi connectivity index (χ2v) is 3.65. The summed E-state index contributed by atoms with van der Waals surface area (Å²) in [6.07, 6.45) is 0. The SMILES string of the molecule is CC(C)C(=O)N(C)C(C)C(N)=S. The topological polar surface area (TPSA) is 46.3 Å². The zero-order chi connectivity index (χ0) is 9.89. The molecule has 1 unspecified atom stereocenters. The number of hydrogen-bond donors (Lipinski definition) is 1. The molecule has 0 aliphatic rings. The molecule has 0 saturated carbocycles. The summed E-state index contributed by atoms with van der Waals surface area (Å²) >= 11 is 4.78. The first-order valence-electron chi connectivity index (χ1n) is 3.94. The molecule has 1 amide bonds. The van der Waals surface area contributed by atoms with Crippen molar-refractivity contribution in [3.05, 3.63) is 0 Å². The zero-order valence-electron chi connectivity index (χ0n) is 8.00. The fourth-order valence-corrected chi connectivity index (χ4v) is 0.947. The predicted octanol–water partition coefficient (Wildman–Crippen LogP) is 0.775. The third-order valence-electron chi connectivity index (χ3n) is 1.83. The van der Waals surface area contributed by atoms with Crippen LogP contribution in [0.3, 0.4) is 0 Å². The molecule has 0 fully saturated rings. The quantitative estimate of drug-likeness (QED) is 0.666. The van der Waals surface area contributed by atoms with Crippen molar-refractivity contribution >= 4 is 23.1 Å². The molecule has 0 aliphatic carbocycles. The maximum absolute atomic E-state index is 11.4. The van der Waals surface area contributed by atoms with E-state index in [1.54, 1.807) is 11.9 Å². The minimum absolute atomic E-state index is 0.00759. The first-order valence-corrected chi connectivity index (χ1v) is 4.34. The van der Waals surface area contributed by atoms with Crippen molar-refractivity contribution in [2.75, 3.05) is 7.05 Å². The largest absolute Gasteiger partial charge is 0.392 e. The summed E-state index contributed by atoms with van der Waals surface area (Å²) in [6.45, 7) is 5.53. The average molecular weight is 188 g/mol. The second-order valence-electron chi connectivity index (χ2n) is 3.18. The lowest BCUT2D eigenvalue weighted by molar-refractivity contribution is -0.133. The Bertz CT molecular complexity index is 191. The van der Waals surface area contributed by atoms with Gasteiger partial charge in [-0.05, 0) is 6.92 Å². The van der Waals surface area contributed by atoms with Crippen molar-refractivity contribution in [3.8, 4) is 0 Å². The van der Waals surface area contributed by atoms with Gasteiger partial charge in [0, 0.05) is 13.0 Å². The van der Waals surface area contributed by atoms with Crippen LogP contribution < -0.4 is 5.73 Å². The Labute approximate surface area is 78.9 Å². The minimum atomic E-state index is -0.158. The summed E-state index contributed by atoms with van der Waals surface area (Å²) in [7, 11) is 1.71. The molecular formula is C8H16N2OS. The molecule has 4 heteroatoms. The van der Waals surface area contributed by atoms with Crippen molar-refractivity contribution in [2.45, 2.75) is 26.8 Å². The molecule has 70 valence electrons. The maximum atomic E-state index is 11.4. The molecule has 3 nitrogen and oxygen atoms in total. The van der Waals surface area contributed by atoms with Gasteiger partial charge in [-0.3, -0.25) is 4.79 Å². The van der Waals surface area contributed by atoms with Gasteiger partial charge in [-0.1, -0.05) is 26.1 Å². The molecule has 0 rings (SSSR count). The number of rotatable bonds is 3. The molecule has 0 heterocycles. The Balaban J connectivity index is 4.29. The van der Waals surface area contributed by atoms with Crippen LogP contribution in [-0.2, 0) is 4.79 Å². The summed E-state index contributed by atoms with van der Waals surface area (Å²) in [6, 6.07) is -0.158. The third-order valence-corrected chi connectivity index (χ3v) is 2.18. The van der Waals surface area contributed by atoms with Crippen molar-refractivity contribution in [1.82, 2.24) is 4.90 Å². The monoisotopic (exact) mass is 188 g/mol. The standard InChI is InChI=1S/C8H16N2OS/c1-5(2)8(11)10(4)6(3)7(9)12/h5-6H,1-4H3,(H2,9,12). The Hall–Kier alpha value is -0.640. The molecule has 0 aromatic heterocycles.